The first-order valence-corrected chi connectivity index (χ1v) is 14.2. The maximum Gasteiger partial charge on any atom is 0.425 e. The Morgan fingerprint density at radius 1 is 0.737 bits per heavy atom. The van der Waals surface area contributed by atoms with Crippen molar-refractivity contribution >= 4 is 17.6 Å². The van der Waals surface area contributed by atoms with Crippen molar-refractivity contribution in [2.75, 3.05) is 11.9 Å². The molecule has 0 radical (unpaired) electrons. The van der Waals surface area contributed by atoms with Crippen molar-refractivity contribution in [2.45, 2.75) is 103 Å². The summed E-state index contributed by atoms with van der Waals surface area (Å²) in [5, 5.41) is 11.5. The SMILES string of the molecule is CCCCCCCCCCCCCCCCOc1ccc(NC(=O)C(F)(Oc2ccccc2)C(=O)O)cc1. The zero-order chi connectivity index (χ0) is 27.5. The highest BCUT2D eigenvalue weighted by molar-refractivity contribution is 6.10. The largest absolute Gasteiger partial charge is 0.494 e. The summed E-state index contributed by atoms with van der Waals surface area (Å²) >= 11 is 0. The van der Waals surface area contributed by atoms with Gasteiger partial charge in [0.2, 0.25) is 0 Å². The van der Waals surface area contributed by atoms with Gasteiger partial charge in [0.1, 0.15) is 11.5 Å². The maximum absolute atomic E-state index is 14.9. The number of ether oxygens (including phenoxy) is 2. The number of rotatable bonds is 21. The molecule has 38 heavy (non-hydrogen) atoms. The summed E-state index contributed by atoms with van der Waals surface area (Å²) in [5.41, 5.74) is 0.235. The van der Waals surface area contributed by atoms with Gasteiger partial charge in [-0.05, 0) is 42.8 Å². The van der Waals surface area contributed by atoms with Crippen LogP contribution in [-0.2, 0) is 9.59 Å². The molecule has 6 nitrogen and oxygen atoms in total. The van der Waals surface area contributed by atoms with E-state index in [-0.39, 0.29) is 11.4 Å². The van der Waals surface area contributed by atoms with Gasteiger partial charge in [-0.25, -0.2) is 4.79 Å². The van der Waals surface area contributed by atoms with Crippen molar-refractivity contribution in [3.8, 4) is 11.5 Å². The molecule has 0 aliphatic rings. The summed E-state index contributed by atoms with van der Waals surface area (Å²) < 4.78 is 25.5. The first-order chi connectivity index (χ1) is 18.5. The monoisotopic (exact) mass is 529 g/mol. The van der Waals surface area contributed by atoms with Crippen LogP contribution >= 0.6 is 0 Å². The highest BCUT2D eigenvalue weighted by Gasteiger charge is 2.50. The molecule has 1 atom stereocenters. The zero-order valence-electron chi connectivity index (χ0n) is 22.8. The van der Waals surface area contributed by atoms with E-state index in [0.29, 0.717) is 12.4 Å². The van der Waals surface area contributed by atoms with Crippen LogP contribution in [0.2, 0.25) is 0 Å². The molecule has 0 fully saturated rings. The molecule has 2 N–H and O–H groups in total. The number of carbonyl (C=O) groups excluding carboxylic acids is 1. The Kier molecular flexibility index (Phi) is 14.9. The lowest BCUT2D eigenvalue weighted by Crippen LogP contribution is -2.50. The first-order valence-electron chi connectivity index (χ1n) is 14.2. The minimum atomic E-state index is -3.57. The van der Waals surface area contributed by atoms with E-state index in [1.807, 2.05) is 0 Å². The van der Waals surface area contributed by atoms with Crippen LogP contribution in [0.1, 0.15) is 96.8 Å². The number of nitrogens with one attached hydrogen (secondary N) is 1. The van der Waals surface area contributed by atoms with Crippen molar-refractivity contribution in [3.05, 3.63) is 54.6 Å². The van der Waals surface area contributed by atoms with Crippen LogP contribution in [0, 0.1) is 0 Å². The lowest BCUT2D eigenvalue weighted by molar-refractivity contribution is -0.178. The number of hydrogen-bond acceptors (Lipinski definition) is 4. The number of halogens is 1. The van der Waals surface area contributed by atoms with E-state index < -0.39 is 17.7 Å². The third kappa shape index (κ3) is 12.0. The smallest absolute Gasteiger partial charge is 0.425 e. The molecule has 0 saturated heterocycles. The van der Waals surface area contributed by atoms with E-state index in [1.54, 1.807) is 30.3 Å². The van der Waals surface area contributed by atoms with Gasteiger partial charge < -0.3 is 19.9 Å². The van der Waals surface area contributed by atoms with Gasteiger partial charge in [-0.2, -0.15) is 4.39 Å². The number of carboxylic acids is 1. The quantitative estimate of drug-likeness (QED) is 0.125. The lowest BCUT2D eigenvalue weighted by Gasteiger charge is -2.21. The standard InChI is InChI=1S/C31H44FNO5/c1-2-3-4-5-6-7-8-9-10-11-12-13-14-18-25-37-27-23-21-26(22-24-27)33-29(34)31(32,30(35)36)38-28-19-16-15-17-20-28/h15-17,19-24H,2-14,18,25H2,1H3,(H,33,34)(H,35,36). The Morgan fingerprint density at radius 3 is 1.74 bits per heavy atom. The third-order valence-corrected chi connectivity index (χ3v) is 6.45. The van der Waals surface area contributed by atoms with Crippen molar-refractivity contribution in [2.24, 2.45) is 0 Å². The summed E-state index contributed by atoms with van der Waals surface area (Å²) in [5.74, 6) is -6.47. The number of para-hydroxylation sites is 1. The molecule has 1 unspecified atom stereocenters. The Hall–Kier alpha value is -3.09. The fourth-order valence-electron chi connectivity index (χ4n) is 4.17. The summed E-state index contributed by atoms with van der Waals surface area (Å²) in [4.78, 5) is 23.8. The van der Waals surface area contributed by atoms with E-state index in [9.17, 15) is 19.1 Å². The van der Waals surface area contributed by atoms with Crippen molar-refractivity contribution in [1.82, 2.24) is 0 Å². The van der Waals surface area contributed by atoms with Gasteiger partial charge in [-0.3, -0.25) is 4.79 Å². The van der Waals surface area contributed by atoms with Crippen LogP contribution in [0.5, 0.6) is 11.5 Å². The number of carbonyl (C=O) groups is 2. The summed E-state index contributed by atoms with van der Waals surface area (Å²) in [6, 6.07) is 13.9. The number of unbranched alkanes of at least 4 members (excludes halogenated alkanes) is 13. The summed E-state index contributed by atoms with van der Waals surface area (Å²) in [6.07, 6.45) is 18.2. The summed E-state index contributed by atoms with van der Waals surface area (Å²) in [6.45, 7) is 2.86. The number of benzene rings is 2. The third-order valence-electron chi connectivity index (χ3n) is 6.45. The topological polar surface area (TPSA) is 84.9 Å². The minimum Gasteiger partial charge on any atom is -0.494 e. The van der Waals surface area contributed by atoms with Crippen LogP contribution in [0.25, 0.3) is 0 Å². The molecule has 1 amide bonds. The average Bonchev–Trinajstić information content (AvgIpc) is 2.92. The Balaban J connectivity index is 1.57. The number of aliphatic carboxylic acids is 1. The van der Waals surface area contributed by atoms with Crippen molar-refractivity contribution < 1.29 is 28.6 Å². The minimum absolute atomic E-state index is 0.0696. The van der Waals surface area contributed by atoms with E-state index in [4.69, 9.17) is 9.47 Å². The van der Waals surface area contributed by atoms with Crippen LogP contribution in [-0.4, -0.2) is 29.4 Å². The van der Waals surface area contributed by atoms with Gasteiger partial charge in [0.15, 0.2) is 0 Å². The van der Waals surface area contributed by atoms with Crippen LogP contribution in [0.4, 0.5) is 10.1 Å². The molecular weight excluding hydrogens is 485 g/mol. The second kappa shape index (κ2) is 18.2. The number of hydrogen-bond donors (Lipinski definition) is 2. The van der Waals surface area contributed by atoms with Gasteiger partial charge in [0.05, 0.1) is 6.61 Å². The highest BCUT2D eigenvalue weighted by Crippen LogP contribution is 2.23. The maximum atomic E-state index is 14.9. The number of carboxylic acid groups (broad SMARTS) is 1. The van der Waals surface area contributed by atoms with Gasteiger partial charge >= 0.3 is 17.7 Å². The van der Waals surface area contributed by atoms with Crippen LogP contribution < -0.4 is 14.8 Å². The van der Waals surface area contributed by atoms with Gasteiger partial charge in [0, 0.05) is 5.69 Å². The molecule has 0 heterocycles. The van der Waals surface area contributed by atoms with E-state index in [2.05, 4.69) is 12.2 Å². The molecule has 210 valence electrons. The molecular formula is C31H44FNO5. The number of anilines is 1. The van der Waals surface area contributed by atoms with Crippen molar-refractivity contribution in [1.29, 1.82) is 0 Å². The van der Waals surface area contributed by atoms with Gasteiger partial charge in [-0.15, -0.1) is 0 Å². The highest BCUT2D eigenvalue weighted by atomic mass is 19.2. The molecule has 0 saturated carbocycles. The normalized spacial score (nSPS) is 12.5. The molecule has 2 aromatic carbocycles. The van der Waals surface area contributed by atoms with E-state index >= 15 is 0 Å². The predicted octanol–water partition coefficient (Wildman–Crippen LogP) is 8.31. The van der Waals surface area contributed by atoms with Gasteiger partial charge in [0.25, 0.3) is 0 Å². The number of amides is 1. The lowest BCUT2D eigenvalue weighted by atomic mass is 10.0. The molecule has 0 aliphatic heterocycles. The average molecular weight is 530 g/mol. The molecule has 0 aromatic heterocycles. The van der Waals surface area contributed by atoms with Gasteiger partial charge in [-0.1, -0.05) is 109 Å². The Labute approximate surface area is 226 Å². The second-order valence-electron chi connectivity index (χ2n) is 9.74. The van der Waals surface area contributed by atoms with Crippen LogP contribution in [0.15, 0.2) is 54.6 Å². The molecule has 2 rings (SSSR count). The predicted molar refractivity (Wildman–Crippen MR) is 149 cm³/mol. The van der Waals surface area contributed by atoms with Crippen LogP contribution in [0.3, 0.4) is 0 Å². The fraction of sp³-hybridized carbons (Fsp3) is 0.548. The zero-order valence-corrected chi connectivity index (χ0v) is 22.8. The molecule has 0 bridgehead atoms. The first kappa shape index (κ1) is 31.1. The fourth-order valence-corrected chi connectivity index (χ4v) is 4.17. The second-order valence-corrected chi connectivity index (χ2v) is 9.74. The molecule has 0 spiro atoms. The molecule has 2 aromatic rings. The van der Waals surface area contributed by atoms with E-state index in [0.717, 1.165) is 12.8 Å². The Morgan fingerprint density at radius 2 is 1.24 bits per heavy atom. The number of alkyl halides is 1. The molecule has 7 heteroatoms. The summed E-state index contributed by atoms with van der Waals surface area (Å²) in [7, 11) is 0. The molecule has 0 aliphatic carbocycles. The van der Waals surface area contributed by atoms with E-state index in [1.165, 1.54) is 101 Å². The Bertz CT molecular complexity index is 922. The van der Waals surface area contributed by atoms with Crippen molar-refractivity contribution in [3.63, 3.8) is 0 Å².